The molecule has 5 nitrogen and oxygen atoms in total. The molecular formula is C19H23N3O2. The highest BCUT2D eigenvalue weighted by atomic mass is 16.5. The Morgan fingerprint density at radius 1 is 1.25 bits per heavy atom. The lowest BCUT2D eigenvalue weighted by Crippen LogP contribution is -2.29. The average Bonchev–Trinajstić information content (AvgIpc) is 3.23. The number of fused-ring (bicyclic) bond motifs is 1. The van der Waals surface area contributed by atoms with Gasteiger partial charge in [-0.1, -0.05) is 13.8 Å². The summed E-state index contributed by atoms with van der Waals surface area (Å²) >= 11 is 0. The number of aromatic nitrogens is 2. The van der Waals surface area contributed by atoms with E-state index in [1.807, 2.05) is 28.5 Å². The number of carbonyl (C=O) groups excluding carboxylic acids is 1. The van der Waals surface area contributed by atoms with Gasteiger partial charge in [-0.2, -0.15) is 0 Å². The predicted molar refractivity (Wildman–Crippen MR) is 91.9 cm³/mol. The van der Waals surface area contributed by atoms with E-state index in [1.54, 1.807) is 0 Å². The highest BCUT2D eigenvalue weighted by Gasteiger charge is 2.33. The third kappa shape index (κ3) is 2.68. The number of amides is 1. The Morgan fingerprint density at radius 3 is 2.58 bits per heavy atom. The summed E-state index contributed by atoms with van der Waals surface area (Å²) in [5.74, 6) is 1.95. The number of hydrogen-bond acceptors (Lipinski definition) is 3. The molecule has 1 amide bonds. The molecule has 1 fully saturated rings. The third-order valence-electron chi connectivity index (χ3n) is 4.47. The van der Waals surface area contributed by atoms with Gasteiger partial charge >= 0.3 is 0 Å². The quantitative estimate of drug-likeness (QED) is 0.846. The molecule has 1 aromatic heterocycles. The molecule has 0 atom stereocenters. The second-order valence-electron chi connectivity index (χ2n) is 7.20. The molecule has 126 valence electrons. The van der Waals surface area contributed by atoms with Crippen molar-refractivity contribution in [3.8, 4) is 17.0 Å². The maximum Gasteiger partial charge on any atom is 0.291 e. The molecule has 4 rings (SSSR count). The molecule has 24 heavy (non-hydrogen) atoms. The fourth-order valence-electron chi connectivity index (χ4n) is 3.27. The molecular weight excluding hydrogens is 302 g/mol. The van der Waals surface area contributed by atoms with Crippen LogP contribution in [-0.4, -0.2) is 33.0 Å². The van der Waals surface area contributed by atoms with Crippen LogP contribution in [0.25, 0.3) is 11.3 Å². The standard InChI is InChI=1S/C19H23N3O2/c1-12(2)10-21-11-22-17(13(3)20-18(22)19(21)23)14-4-6-15(7-5-14)24-16-8-9-16/h4-7,12,16H,8-11H2,1-3H3. The Bertz CT molecular complexity index is 773. The van der Waals surface area contributed by atoms with Crippen LogP contribution in [0.5, 0.6) is 5.75 Å². The number of ether oxygens (including phenoxy) is 1. The van der Waals surface area contributed by atoms with Gasteiger partial charge in [-0.15, -0.1) is 0 Å². The minimum Gasteiger partial charge on any atom is -0.490 e. The van der Waals surface area contributed by atoms with Crippen molar-refractivity contribution in [2.75, 3.05) is 6.54 Å². The number of aryl methyl sites for hydroxylation is 1. The molecule has 0 saturated heterocycles. The molecule has 0 radical (unpaired) electrons. The zero-order valence-corrected chi connectivity index (χ0v) is 14.5. The monoisotopic (exact) mass is 325 g/mol. The van der Waals surface area contributed by atoms with Gasteiger partial charge in [-0.25, -0.2) is 4.98 Å². The number of benzene rings is 1. The Balaban J connectivity index is 1.63. The second-order valence-corrected chi connectivity index (χ2v) is 7.20. The molecule has 0 bridgehead atoms. The highest BCUT2D eigenvalue weighted by Crippen LogP contribution is 2.32. The summed E-state index contributed by atoms with van der Waals surface area (Å²) in [5.41, 5.74) is 3.01. The Morgan fingerprint density at radius 2 is 1.96 bits per heavy atom. The van der Waals surface area contributed by atoms with E-state index in [-0.39, 0.29) is 5.91 Å². The smallest absolute Gasteiger partial charge is 0.291 e. The number of rotatable bonds is 5. The van der Waals surface area contributed by atoms with Crippen molar-refractivity contribution >= 4 is 5.91 Å². The van der Waals surface area contributed by atoms with Gasteiger partial charge in [0.2, 0.25) is 5.82 Å². The van der Waals surface area contributed by atoms with Crippen LogP contribution in [0.3, 0.4) is 0 Å². The van der Waals surface area contributed by atoms with Crippen molar-refractivity contribution < 1.29 is 9.53 Å². The summed E-state index contributed by atoms with van der Waals surface area (Å²) in [4.78, 5) is 18.9. The van der Waals surface area contributed by atoms with E-state index in [1.165, 1.54) is 0 Å². The van der Waals surface area contributed by atoms with E-state index >= 15 is 0 Å². The second kappa shape index (κ2) is 5.65. The van der Waals surface area contributed by atoms with E-state index < -0.39 is 0 Å². The van der Waals surface area contributed by atoms with Crippen molar-refractivity contribution in [3.63, 3.8) is 0 Å². The van der Waals surface area contributed by atoms with Crippen molar-refractivity contribution in [2.45, 2.75) is 46.4 Å². The van der Waals surface area contributed by atoms with Crippen molar-refractivity contribution in [1.29, 1.82) is 0 Å². The molecule has 1 saturated carbocycles. The van der Waals surface area contributed by atoms with Gasteiger partial charge in [0.15, 0.2) is 0 Å². The lowest BCUT2D eigenvalue weighted by atomic mass is 10.1. The topological polar surface area (TPSA) is 47.4 Å². The molecule has 1 aliphatic carbocycles. The van der Waals surface area contributed by atoms with Crippen LogP contribution in [0.15, 0.2) is 24.3 Å². The van der Waals surface area contributed by atoms with Crippen LogP contribution in [0, 0.1) is 12.8 Å². The summed E-state index contributed by atoms with van der Waals surface area (Å²) < 4.78 is 7.85. The van der Waals surface area contributed by atoms with E-state index in [0.717, 1.165) is 42.1 Å². The fraction of sp³-hybridized carbons (Fsp3) is 0.474. The molecule has 0 spiro atoms. The van der Waals surface area contributed by atoms with Gasteiger partial charge in [0.1, 0.15) is 5.75 Å². The number of hydrogen-bond donors (Lipinski definition) is 0. The molecule has 0 unspecified atom stereocenters. The van der Waals surface area contributed by atoms with Crippen molar-refractivity contribution in [2.24, 2.45) is 5.92 Å². The summed E-state index contributed by atoms with van der Waals surface area (Å²) in [5, 5.41) is 0. The first-order valence-electron chi connectivity index (χ1n) is 8.66. The highest BCUT2D eigenvalue weighted by molar-refractivity contribution is 5.94. The van der Waals surface area contributed by atoms with E-state index in [2.05, 4.69) is 31.0 Å². The maximum absolute atomic E-state index is 12.5. The molecule has 1 aromatic carbocycles. The van der Waals surface area contributed by atoms with Gasteiger partial charge in [0.05, 0.1) is 24.2 Å². The third-order valence-corrected chi connectivity index (χ3v) is 4.47. The predicted octanol–water partition coefficient (Wildman–Crippen LogP) is 3.47. The van der Waals surface area contributed by atoms with Gasteiger partial charge in [0, 0.05) is 12.1 Å². The molecule has 0 N–H and O–H groups in total. The van der Waals surface area contributed by atoms with Crippen LogP contribution in [0.2, 0.25) is 0 Å². The first-order valence-corrected chi connectivity index (χ1v) is 8.66. The molecule has 5 heteroatoms. The largest absolute Gasteiger partial charge is 0.490 e. The molecule has 2 heterocycles. The van der Waals surface area contributed by atoms with Crippen LogP contribution in [0.1, 0.15) is 43.0 Å². The van der Waals surface area contributed by atoms with Crippen molar-refractivity contribution in [3.05, 3.63) is 35.8 Å². The van der Waals surface area contributed by atoms with E-state index in [0.29, 0.717) is 24.5 Å². The first-order chi connectivity index (χ1) is 11.5. The van der Waals surface area contributed by atoms with Gasteiger partial charge in [0.25, 0.3) is 5.91 Å². The average molecular weight is 325 g/mol. The van der Waals surface area contributed by atoms with Crippen molar-refractivity contribution in [1.82, 2.24) is 14.5 Å². The summed E-state index contributed by atoms with van der Waals surface area (Å²) in [6, 6.07) is 8.14. The summed E-state index contributed by atoms with van der Waals surface area (Å²) in [6.45, 7) is 7.56. The van der Waals surface area contributed by atoms with E-state index in [9.17, 15) is 4.79 Å². The fourth-order valence-corrected chi connectivity index (χ4v) is 3.27. The molecule has 1 aliphatic heterocycles. The zero-order valence-electron chi connectivity index (χ0n) is 14.5. The minimum atomic E-state index is 0.0340. The lowest BCUT2D eigenvalue weighted by molar-refractivity contribution is 0.0745. The van der Waals surface area contributed by atoms with Gasteiger partial charge in [-0.05, 0) is 49.9 Å². The summed E-state index contributed by atoms with van der Waals surface area (Å²) in [7, 11) is 0. The maximum atomic E-state index is 12.5. The van der Waals surface area contributed by atoms with E-state index in [4.69, 9.17) is 4.74 Å². The lowest BCUT2D eigenvalue weighted by Gasteiger charge is -2.18. The Kier molecular flexibility index (Phi) is 3.59. The molecule has 2 aliphatic rings. The number of nitrogens with zero attached hydrogens (tertiary/aromatic N) is 3. The minimum absolute atomic E-state index is 0.0340. The van der Waals surface area contributed by atoms with Gasteiger partial charge < -0.3 is 14.2 Å². The SMILES string of the molecule is Cc1nc2n(c1-c1ccc(OC3CC3)cc1)CN(CC(C)C)C2=O. The Hall–Kier alpha value is -2.30. The first kappa shape index (κ1) is 15.2. The van der Waals surface area contributed by atoms with Crippen LogP contribution in [-0.2, 0) is 6.67 Å². The van der Waals surface area contributed by atoms with Crippen LogP contribution >= 0.6 is 0 Å². The summed E-state index contributed by atoms with van der Waals surface area (Å²) in [6.07, 6.45) is 2.72. The Labute approximate surface area is 142 Å². The van der Waals surface area contributed by atoms with Crippen LogP contribution in [0.4, 0.5) is 0 Å². The molecule has 2 aromatic rings. The van der Waals surface area contributed by atoms with Crippen LogP contribution < -0.4 is 4.74 Å². The normalized spacial score (nSPS) is 16.8. The number of imidazole rings is 1. The van der Waals surface area contributed by atoms with Gasteiger partial charge in [-0.3, -0.25) is 4.79 Å². The number of carbonyl (C=O) groups is 1. The zero-order chi connectivity index (χ0) is 16.8.